The molecule has 0 saturated carbocycles. The third-order valence-electron chi connectivity index (χ3n) is 2.26. The lowest BCUT2D eigenvalue weighted by Gasteiger charge is -2.17. The molecule has 20 heavy (non-hydrogen) atoms. The molecule has 0 N–H and O–H groups in total. The topological polar surface area (TPSA) is 54.5 Å². The molecular formula is C10H8ClF4NO3S. The van der Waals surface area contributed by atoms with Gasteiger partial charge in [-0.25, -0.2) is 26.0 Å². The summed E-state index contributed by atoms with van der Waals surface area (Å²) in [5, 5.41) is 0. The van der Waals surface area contributed by atoms with Gasteiger partial charge in [-0.1, -0.05) is 0 Å². The van der Waals surface area contributed by atoms with Crippen LogP contribution in [-0.4, -0.2) is 39.2 Å². The van der Waals surface area contributed by atoms with E-state index in [1.165, 1.54) is 0 Å². The molecule has 1 rings (SSSR count). The van der Waals surface area contributed by atoms with Crippen LogP contribution in [0.3, 0.4) is 0 Å². The number of nitrogens with zero attached hydrogens (tertiary/aromatic N) is 1. The van der Waals surface area contributed by atoms with Crippen LogP contribution in [-0.2, 0) is 9.05 Å². The maximum atomic E-state index is 13.8. The van der Waals surface area contributed by atoms with Crippen molar-refractivity contribution < 1.29 is 30.8 Å². The molecule has 0 aliphatic rings. The first kappa shape index (κ1) is 16.7. The molecule has 0 atom stereocenters. The van der Waals surface area contributed by atoms with Gasteiger partial charge in [0.1, 0.15) is 10.7 Å². The number of halogens is 5. The summed E-state index contributed by atoms with van der Waals surface area (Å²) >= 11 is 0. The number of carbonyl (C=O) groups is 1. The number of hydrogen-bond acceptors (Lipinski definition) is 3. The van der Waals surface area contributed by atoms with Crippen LogP contribution in [0, 0.1) is 11.6 Å². The number of amides is 1. The average Bonchev–Trinajstić information content (AvgIpc) is 2.28. The quantitative estimate of drug-likeness (QED) is 0.627. The number of benzene rings is 1. The fourth-order valence-electron chi connectivity index (χ4n) is 1.39. The second-order valence-electron chi connectivity index (χ2n) is 3.78. The van der Waals surface area contributed by atoms with Gasteiger partial charge >= 0.3 is 0 Å². The molecule has 1 aromatic carbocycles. The maximum absolute atomic E-state index is 13.8. The highest BCUT2D eigenvalue weighted by Crippen LogP contribution is 2.24. The molecular weight excluding hydrogens is 326 g/mol. The van der Waals surface area contributed by atoms with Crippen LogP contribution in [0.4, 0.5) is 17.6 Å². The normalized spacial score (nSPS) is 11.8. The largest absolute Gasteiger partial charge is 0.336 e. The first-order chi connectivity index (χ1) is 9.04. The Morgan fingerprint density at radius 1 is 1.35 bits per heavy atom. The molecule has 0 radical (unpaired) electrons. The Bertz CT molecular complexity index is 636. The van der Waals surface area contributed by atoms with E-state index in [2.05, 4.69) is 0 Å². The molecule has 0 aliphatic heterocycles. The molecule has 0 saturated heterocycles. The van der Waals surface area contributed by atoms with Crippen LogP contribution in [0.2, 0.25) is 0 Å². The molecule has 0 aliphatic carbocycles. The fraction of sp³-hybridized carbons (Fsp3) is 0.300. The van der Waals surface area contributed by atoms with Crippen LogP contribution in [0.15, 0.2) is 17.0 Å². The molecule has 0 fully saturated rings. The van der Waals surface area contributed by atoms with Gasteiger partial charge in [0.15, 0.2) is 5.82 Å². The summed E-state index contributed by atoms with van der Waals surface area (Å²) < 4.78 is 73.4. The summed E-state index contributed by atoms with van der Waals surface area (Å²) in [5.74, 6) is -4.11. The molecule has 4 nitrogen and oxygen atoms in total. The molecule has 1 amide bonds. The number of alkyl halides is 2. The van der Waals surface area contributed by atoms with E-state index in [1.807, 2.05) is 0 Å². The number of carbonyl (C=O) groups excluding carboxylic acids is 1. The number of hydrogen-bond donors (Lipinski definition) is 0. The van der Waals surface area contributed by atoms with Crippen LogP contribution in [0.5, 0.6) is 0 Å². The van der Waals surface area contributed by atoms with E-state index in [0.29, 0.717) is 17.0 Å². The Balaban J connectivity index is 3.33. The van der Waals surface area contributed by atoms with Gasteiger partial charge < -0.3 is 4.90 Å². The van der Waals surface area contributed by atoms with Crippen molar-refractivity contribution in [2.45, 2.75) is 11.3 Å². The summed E-state index contributed by atoms with van der Waals surface area (Å²) in [6.07, 6.45) is -2.88. The van der Waals surface area contributed by atoms with E-state index in [9.17, 15) is 30.8 Å². The van der Waals surface area contributed by atoms with Crippen molar-refractivity contribution in [3.63, 3.8) is 0 Å². The lowest BCUT2D eigenvalue weighted by Crippen LogP contribution is -2.32. The van der Waals surface area contributed by atoms with Gasteiger partial charge in [0.25, 0.3) is 21.4 Å². The van der Waals surface area contributed by atoms with E-state index < -0.39 is 50.0 Å². The summed E-state index contributed by atoms with van der Waals surface area (Å²) in [6, 6.07) is 0.701. The SMILES string of the molecule is CN(CC(F)F)C(=O)c1cc(F)cc(S(=O)(=O)Cl)c1F. The van der Waals surface area contributed by atoms with Crippen molar-refractivity contribution >= 4 is 25.6 Å². The molecule has 0 bridgehead atoms. The van der Waals surface area contributed by atoms with E-state index in [-0.39, 0.29) is 0 Å². The van der Waals surface area contributed by atoms with Crippen molar-refractivity contribution in [3.05, 3.63) is 29.3 Å². The highest BCUT2D eigenvalue weighted by molar-refractivity contribution is 8.13. The third kappa shape index (κ3) is 3.83. The average molecular weight is 334 g/mol. The van der Waals surface area contributed by atoms with E-state index >= 15 is 0 Å². The lowest BCUT2D eigenvalue weighted by atomic mass is 10.2. The smallest absolute Gasteiger partial charge is 0.264 e. The third-order valence-corrected chi connectivity index (χ3v) is 3.58. The van der Waals surface area contributed by atoms with Crippen molar-refractivity contribution in [2.24, 2.45) is 0 Å². The van der Waals surface area contributed by atoms with Crippen molar-refractivity contribution in [1.29, 1.82) is 0 Å². The molecule has 0 heterocycles. The van der Waals surface area contributed by atoms with Gasteiger partial charge in [0, 0.05) is 17.7 Å². The first-order valence-electron chi connectivity index (χ1n) is 5.01. The van der Waals surface area contributed by atoms with Gasteiger partial charge in [0.05, 0.1) is 12.1 Å². The summed E-state index contributed by atoms with van der Waals surface area (Å²) in [5.41, 5.74) is -0.993. The molecule has 1 aromatic rings. The highest BCUT2D eigenvalue weighted by Gasteiger charge is 2.26. The predicted molar refractivity (Wildman–Crippen MR) is 62.4 cm³/mol. The van der Waals surface area contributed by atoms with Crippen molar-refractivity contribution in [2.75, 3.05) is 13.6 Å². The standard InChI is InChI=1S/C10H8ClF4NO3S/c1-16(4-8(13)14)10(17)6-2-5(12)3-7(9(6)15)20(11,18)19/h2-3,8H,4H2,1H3. The Hall–Kier alpha value is -1.35. The molecule has 112 valence electrons. The zero-order valence-electron chi connectivity index (χ0n) is 9.91. The molecule has 0 aromatic heterocycles. The van der Waals surface area contributed by atoms with Gasteiger partial charge in [-0.15, -0.1) is 0 Å². The zero-order chi connectivity index (χ0) is 15.7. The van der Waals surface area contributed by atoms with E-state index in [4.69, 9.17) is 10.7 Å². The van der Waals surface area contributed by atoms with Gasteiger partial charge in [-0.3, -0.25) is 4.79 Å². The van der Waals surface area contributed by atoms with E-state index in [1.54, 1.807) is 0 Å². The minimum Gasteiger partial charge on any atom is -0.336 e. The lowest BCUT2D eigenvalue weighted by molar-refractivity contribution is 0.0615. The van der Waals surface area contributed by atoms with Crippen LogP contribution in [0.25, 0.3) is 0 Å². The van der Waals surface area contributed by atoms with Crippen molar-refractivity contribution in [3.8, 4) is 0 Å². The van der Waals surface area contributed by atoms with Gasteiger partial charge in [0.2, 0.25) is 0 Å². The zero-order valence-corrected chi connectivity index (χ0v) is 11.5. The van der Waals surface area contributed by atoms with Gasteiger partial charge in [-0.05, 0) is 12.1 Å². The minimum atomic E-state index is -4.62. The predicted octanol–water partition coefficient (Wildman–Crippen LogP) is 2.23. The van der Waals surface area contributed by atoms with Crippen LogP contribution >= 0.6 is 10.7 Å². The minimum absolute atomic E-state index is 0.293. The summed E-state index contributed by atoms with van der Waals surface area (Å²) in [6.45, 7) is -1.02. The Labute approximate surface area is 116 Å². The number of rotatable bonds is 4. The summed E-state index contributed by atoms with van der Waals surface area (Å²) in [4.78, 5) is 10.9. The van der Waals surface area contributed by atoms with Crippen LogP contribution in [0.1, 0.15) is 10.4 Å². The second kappa shape index (κ2) is 5.96. The highest BCUT2D eigenvalue weighted by atomic mass is 35.7. The fourth-order valence-corrected chi connectivity index (χ4v) is 2.31. The molecule has 0 spiro atoms. The Kier molecular flexibility index (Phi) is 4.98. The van der Waals surface area contributed by atoms with Crippen LogP contribution < -0.4 is 0 Å². The first-order valence-corrected chi connectivity index (χ1v) is 7.32. The summed E-state index contributed by atoms with van der Waals surface area (Å²) in [7, 11) is 1.21. The van der Waals surface area contributed by atoms with E-state index in [0.717, 1.165) is 7.05 Å². The maximum Gasteiger partial charge on any atom is 0.264 e. The van der Waals surface area contributed by atoms with Crippen molar-refractivity contribution in [1.82, 2.24) is 4.90 Å². The monoisotopic (exact) mass is 333 g/mol. The Morgan fingerprint density at radius 2 is 1.90 bits per heavy atom. The second-order valence-corrected chi connectivity index (χ2v) is 6.31. The van der Waals surface area contributed by atoms with Gasteiger partial charge in [-0.2, -0.15) is 0 Å². The molecule has 10 heteroatoms. The molecule has 0 unspecified atom stereocenters. The Morgan fingerprint density at radius 3 is 2.35 bits per heavy atom.